The Morgan fingerprint density at radius 3 is 2.53 bits per heavy atom. The average molecular weight is 220 g/mol. The zero-order valence-corrected chi connectivity index (χ0v) is 8.67. The third-order valence-electron chi connectivity index (χ3n) is 1.79. The molecule has 0 aliphatic heterocycles. The van der Waals surface area contributed by atoms with Gasteiger partial charge in [-0.3, -0.25) is 0 Å². The Balaban J connectivity index is 2.18. The summed E-state index contributed by atoms with van der Waals surface area (Å²) >= 11 is 1.45. The standard InChI is InChI=1S/C11H9FN2S/c12-8-1-3-10(4-2-8)15-11-7-9(13)5-6-14-11/h1-7H,(H2,13,14). The number of hydrogen-bond acceptors (Lipinski definition) is 3. The fourth-order valence-electron chi connectivity index (χ4n) is 1.10. The Morgan fingerprint density at radius 2 is 1.87 bits per heavy atom. The summed E-state index contributed by atoms with van der Waals surface area (Å²) in [6, 6.07) is 9.79. The number of rotatable bonds is 2. The van der Waals surface area contributed by atoms with Crippen LogP contribution in [0.25, 0.3) is 0 Å². The number of hydrogen-bond donors (Lipinski definition) is 1. The number of nitrogens with zero attached hydrogens (tertiary/aromatic N) is 1. The Labute approximate surface area is 91.3 Å². The third-order valence-corrected chi connectivity index (χ3v) is 2.74. The zero-order chi connectivity index (χ0) is 10.7. The second kappa shape index (κ2) is 4.31. The third kappa shape index (κ3) is 2.70. The highest BCUT2D eigenvalue weighted by Gasteiger charge is 1.99. The fraction of sp³-hybridized carbons (Fsp3) is 0. The molecule has 0 unspecified atom stereocenters. The molecule has 76 valence electrons. The van der Waals surface area contributed by atoms with Gasteiger partial charge in [0, 0.05) is 16.8 Å². The Morgan fingerprint density at radius 1 is 1.13 bits per heavy atom. The molecule has 4 heteroatoms. The second-order valence-electron chi connectivity index (χ2n) is 2.98. The molecular weight excluding hydrogens is 211 g/mol. The molecule has 2 rings (SSSR count). The van der Waals surface area contributed by atoms with Crippen molar-refractivity contribution in [2.45, 2.75) is 9.92 Å². The number of anilines is 1. The summed E-state index contributed by atoms with van der Waals surface area (Å²) in [6.07, 6.45) is 1.65. The van der Waals surface area contributed by atoms with Crippen molar-refractivity contribution in [3.05, 3.63) is 48.4 Å². The van der Waals surface area contributed by atoms with E-state index >= 15 is 0 Å². The minimum atomic E-state index is -0.236. The van der Waals surface area contributed by atoms with E-state index < -0.39 is 0 Å². The maximum atomic E-state index is 12.6. The molecule has 0 aliphatic carbocycles. The quantitative estimate of drug-likeness (QED) is 0.845. The van der Waals surface area contributed by atoms with Gasteiger partial charge < -0.3 is 5.73 Å². The van der Waals surface area contributed by atoms with Crippen molar-refractivity contribution < 1.29 is 4.39 Å². The van der Waals surface area contributed by atoms with Crippen LogP contribution >= 0.6 is 11.8 Å². The van der Waals surface area contributed by atoms with Crippen LogP contribution in [0.5, 0.6) is 0 Å². The first-order valence-electron chi connectivity index (χ1n) is 4.39. The van der Waals surface area contributed by atoms with E-state index in [0.29, 0.717) is 5.69 Å². The summed E-state index contributed by atoms with van der Waals surface area (Å²) in [4.78, 5) is 5.09. The molecule has 1 aromatic carbocycles. The van der Waals surface area contributed by atoms with Crippen LogP contribution in [0.3, 0.4) is 0 Å². The van der Waals surface area contributed by atoms with E-state index in [1.165, 1.54) is 23.9 Å². The molecule has 0 saturated heterocycles. The molecule has 0 saturated carbocycles. The number of nitrogen functional groups attached to an aromatic ring is 1. The number of halogens is 1. The van der Waals surface area contributed by atoms with Gasteiger partial charge in [0.05, 0.1) is 0 Å². The number of benzene rings is 1. The van der Waals surface area contributed by atoms with Crippen molar-refractivity contribution in [2.75, 3.05) is 5.73 Å². The lowest BCUT2D eigenvalue weighted by molar-refractivity contribution is 0.626. The van der Waals surface area contributed by atoms with Crippen molar-refractivity contribution in [3.8, 4) is 0 Å². The summed E-state index contributed by atoms with van der Waals surface area (Å²) in [5.74, 6) is -0.236. The van der Waals surface area contributed by atoms with Crippen molar-refractivity contribution in [2.24, 2.45) is 0 Å². The van der Waals surface area contributed by atoms with E-state index in [2.05, 4.69) is 4.98 Å². The molecular formula is C11H9FN2S. The van der Waals surface area contributed by atoms with Crippen molar-refractivity contribution in [1.82, 2.24) is 4.98 Å². The molecule has 0 fully saturated rings. The first kappa shape index (κ1) is 9.98. The number of nitrogens with two attached hydrogens (primary N) is 1. The van der Waals surface area contributed by atoms with E-state index in [0.717, 1.165) is 9.92 Å². The Bertz CT molecular complexity index is 456. The van der Waals surface area contributed by atoms with Crippen LogP contribution in [0.1, 0.15) is 0 Å². The average Bonchev–Trinajstić information content (AvgIpc) is 2.22. The monoisotopic (exact) mass is 220 g/mol. The van der Waals surface area contributed by atoms with Gasteiger partial charge in [-0.25, -0.2) is 9.37 Å². The van der Waals surface area contributed by atoms with Gasteiger partial charge in [0.1, 0.15) is 10.8 Å². The molecule has 2 aromatic rings. The molecule has 1 aromatic heterocycles. The maximum absolute atomic E-state index is 12.6. The number of aromatic nitrogens is 1. The first-order valence-corrected chi connectivity index (χ1v) is 5.20. The molecule has 1 heterocycles. The summed E-state index contributed by atoms with van der Waals surface area (Å²) < 4.78 is 12.6. The predicted octanol–water partition coefficient (Wildman–Crippen LogP) is 2.95. The lowest BCUT2D eigenvalue weighted by atomic mass is 10.4. The molecule has 0 atom stereocenters. The van der Waals surface area contributed by atoms with E-state index in [9.17, 15) is 4.39 Å². The van der Waals surface area contributed by atoms with Gasteiger partial charge in [-0.2, -0.15) is 0 Å². The molecule has 0 radical (unpaired) electrons. The summed E-state index contributed by atoms with van der Waals surface area (Å²) in [7, 11) is 0. The van der Waals surface area contributed by atoms with Gasteiger partial charge in [0.25, 0.3) is 0 Å². The Hall–Kier alpha value is -1.55. The smallest absolute Gasteiger partial charge is 0.123 e. The summed E-state index contributed by atoms with van der Waals surface area (Å²) in [5, 5.41) is 0.807. The van der Waals surface area contributed by atoms with Gasteiger partial charge in [0.15, 0.2) is 0 Å². The summed E-state index contributed by atoms with van der Waals surface area (Å²) in [5.41, 5.74) is 6.30. The zero-order valence-electron chi connectivity index (χ0n) is 7.85. The largest absolute Gasteiger partial charge is 0.399 e. The molecule has 15 heavy (non-hydrogen) atoms. The van der Waals surface area contributed by atoms with Gasteiger partial charge in [-0.1, -0.05) is 11.8 Å². The van der Waals surface area contributed by atoms with E-state index in [1.54, 1.807) is 30.5 Å². The first-order chi connectivity index (χ1) is 7.24. The topological polar surface area (TPSA) is 38.9 Å². The lowest BCUT2D eigenvalue weighted by Crippen LogP contribution is -1.86. The molecule has 0 bridgehead atoms. The van der Waals surface area contributed by atoms with Crippen LogP contribution in [-0.2, 0) is 0 Å². The Kier molecular flexibility index (Phi) is 2.87. The van der Waals surface area contributed by atoms with Gasteiger partial charge in [-0.05, 0) is 36.4 Å². The molecule has 0 spiro atoms. The van der Waals surface area contributed by atoms with Crippen molar-refractivity contribution in [3.63, 3.8) is 0 Å². The maximum Gasteiger partial charge on any atom is 0.123 e. The van der Waals surface area contributed by atoms with Crippen molar-refractivity contribution in [1.29, 1.82) is 0 Å². The predicted molar refractivity (Wildman–Crippen MR) is 59.2 cm³/mol. The van der Waals surface area contributed by atoms with E-state index in [-0.39, 0.29) is 5.82 Å². The molecule has 0 aliphatic rings. The highest BCUT2D eigenvalue weighted by atomic mass is 32.2. The van der Waals surface area contributed by atoms with Gasteiger partial charge in [0.2, 0.25) is 0 Å². The molecule has 2 N–H and O–H groups in total. The van der Waals surface area contributed by atoms with Crippen LogP contribution in [0.15, 0.2) is 52.5 Å². The summed E-state index contributed by atoms with van der Waals surface area (Å²) in [6.45, 7) is 0. The van der Waals surface area contributed by atoms with Crippen LogP contribution < -0.4 is 5.73 Å². The van der Waals surface area contributed by atoms with E-state index in [4.69, 9.17) is 5.73 Å². The normalized spacial score (nSPS) is 10.2. The SMILES string of the molecule is Nc1ccnc(Sc2ccc(F)cc2)c1. The van der Waals surface area contributed by atoms with Gasteiger partial charge in [-0.15, -0.1) is 0 Å². The minimum absolute atomic E-state index is 0.236. The van der Waals surface area contributed by atoms with Crippen LogP contribution in [0.4, 0.5) is 10.1 Å². The van der Waals surface area contributed by atoms with Gasteiger partial charge >= 0.3 is 0 Å². The number of pyridine rings is 1. The van der Waals surface area contributed by atoms with Crippen LogP contribution in [0.2, 0.25) is 0 Å². The second-order valence-corrected chi connectivity index (χ2v) is 4.08. The molecule has 2 nitrogen and oxygen atoms in total. The lowest BCUT2D eigenvalue weighted by Gasteiger charge is -2.01. The van der Waals surface area contributed by atoms with Crippen LogP contribution in [-0.4, -0.2) is 4.98 Å². The van der Waals surface area contributed by atoms with Crippen molar-refractivity contribution >= 4 is 17.4 Å². The van der Waals surface area contributed by atoms with Crippen LogP contribution in [0, 0.1) is 5.82 Å². The highest BCUT2D eigenvalue weighted by Crippen LogP contribution is 2.26. The highest BCUT2D eigenvalue weighted by molar-refractivity contribution is 7.99. The molecule has 0 amide bonds. The van der Waals surface area contributed by atoms with E-state index in [1.807, 2.05) is 0 Å². The fourth-order valence-corrected chi connectivity index (χ4v) is 1.93. The minimum Gasteiger partial charge on any atom is -0.399 e.